The maximum Gasteiger partial charge on any atom is 0.193 e. The summed E-state index contributed by atoms with van der Waals surface area (Å²) >= 11 is 0. The van der Waals surface area contributed by atoms with E-state index >= 15 is 0 Å². The Morgan fingerprint density at radius 2 is 1.30 bits per heavy atom. The van der Waals surface area contributed by atoms with Crippen molar-refractivity contribution in [2.24, 2.45) is 20.2 Å². The Hall–Kier alpha value is -2.18. The molecule has 0 radical (unpaired) electrons. The molecule has 0 aliphatic heterocycles. The summed E-state index contributed by atoms with van der Waals surface area (Å²) < 4.78 is 6.28. The highest BCUT2D eigenvalue weighted by Crippen LogP contribution is 2.54. The Balaban J connectivity index is 2.36. The first kappa shape index (κ1) is 21.1. The number of hydrogen-bond acceptors (Lipinski definition) is 2. The molecule has 0 aliphatic rings. The topological polar surface area (TPSA) is 59.2 Å². The fraction of sp³-hybridized carbons (Fsp3) is 0.316. The molecule has 0 saturated heterocycles. The predicted octanol–water partition coefficient (Wildman–Crippen LogP) is 5.07. The number of benzene rings is 2. The van der Waals surface area contributed by atoms with Gasteiger partial charge in [-0.25, -0.2) is 0 Å². The van der Waals surface area contributed by atoms with E-state index in [1.165, 1.54) is 0 Å². The maximum absolute atomic E-state index is 4.61. The van der Waals surface area contributed by atoms with Gasteiger partial charge < -0.3 is 0 Å². The number of hydrogen-bond donors (Lipinski definition) is 0. The highest BCUT2D eigenvalue weighted by atomic mass is 31.2. The van der Waals surface area contributed by atoms with Crippen LogP contribution >= 0.6 is 7.51 Å². The van der Waals surface area contributed by atoms with Crippen molar-refractivity contribution in [3.05, 3.63) is 60.2 Å². The second kappa shape index (κ2) is 9.67. The molecule has 0 saturated carbocycles. The van der Waals surface area contributed by atoms with Crippen LogP contribution in [0.25, 0.3) is 0 Å². The van der Waals surface area contributed by atoms with E-state index in [1.54, 1.807) is 6.21 Å². The van der Waals surface area contributed by atoms with Gasteiger partial charge in [0.15, 0.2) is 7.51 Å². The summed E-state index contributed by atoms with van der Waals surface area (Å²) in [5.74, 6) is 0. The van der Waals surface area contributed by atoms with Gasteiger partial charge in [-0.3, -0.25) is 19.0 Å². The molecule has 0 heterocycles. The molecule has 0 fully saturated rings. The molecule has 2 aromatic rings. The lowest BCUT2D eigenvalue weighted by molar-refractivity contribution is 0.471. The molecule has 0 atom stereocenters. The summed E-state index contributed by atoms with van der Waals surface area (Å²) in [6.45, 7) is 0. The summed E-state index contributed by atoms with van der Waals surface area (Å²) in [7, 11) is 9.95. The van der Waals surface area contributed by atoms with E-state index in [-0.39, 0.29) is 0 Å². The fourth-order valence-electron chi connectivity index (χ4n) is 2.78. The molecular weight excluding hydrogens is 357 g/mol. The summed E-state index contributed by atoms with van der Waals surface area (Å²) in [6, 6.07) is 17.6. The first-order chi connectivity index (χ1) is 12.9. The van der Waals surface area contributed by atoms with Crippen molar-refractivity contribution < 1.29 is 0 Å². The monoisotopic (exact) mass is 385 g/mol. The Morgan fingerprint density at radius 3 is 1.89 bits per heavy atom. The van der Waals surface area contributed by atoms with Gasteiger partial charge in [0, 0.05) is 11.8 Å². The van der Waals surface area contributed by atoms with Crippen molar-refractivity contribution in [3.63, 3.8) is 0 Å². The van der Waals surface area contributed by atoms with Crippen LogP contribution in [0.1, 0.15) is 5.56 Å². The molecule has 0 aliphatic carbocycles. The van der Waals surface area contributed by atoms with Gasteiger partial charge in [-0.05, 0) is 65.7 Å². The average molecular weight is 385 g/mol. The van der Waals surface area contributed by atoms with E-state index in [9.17, 15) is 0 Å². The Morgan fingerprint density at radius 1 is 0.741 bits per heavy atom. The molecule has 7 nitrogen and oxygen atoms in total. The van der Waals surface area contributed by atoms with Crippen LogP contribution in [0.5, 0.6) is 0 Å². The zero-order valence-corrected chi connectivity index (χ0v) is 17.7. The number of para-hydroxylation sites is 1. The SMILES string of the molecule is CN(C)P(=NN=Nc1ccccc1C=Nc1ccccc1)(N(C)C)N(C)C. The van der Waals surface area contributed by atoms with Crippen LogP contribution in [0, 0.1) is 0 Å². The van der Waals surface area contributed by atoms with Crippen LogP contribution in [0.3, 0.4) is 0 Å². The minimum absolute atomic E-state index is 0.732. The highest BCUT2D eigenvalue weighted by Gasteiger charge is 2.28. The zero-order valence-electron chi connectivity index (χ0n) is 16.9. The molecule has 27 heavy (non-hydrogen) atoms. The summed E-state index contributed by atoms with van der Waals surface area (Å²) in [5, 5.41) is 8.57. The Labute approximate surface area is 162 Å². The van der Waals surface area contributed by atoms with Gasteiger partial charge in [0.2, 0.25) is 0 Å². The normalized spacial score (nSPS) is 12.8. The van der Waals surface area contributed by atoms with Crippen molar-refractivity contribution in [2.45, 2.75) is 0 Å². The molecule has 2 aromatic carbocycles. The minimum atomic E-state index is -2.10. The highest BCUT2D eigenvalue weighted by molar-refractivity contribution is 7.58. The van der Waals surface area contributed by atoms with Crippen LogP contribution in [0.4, 0.5) is 11.4 Å². The molecule has 0 N–H and O–H groups in total. The number of nitrogens with zero attached hydrogens (tertiary/aromatic N) is 7. The second-order valence-corrected chi connectivity index (χ2v) is 10.2. The standard InChI is InChI=1S/C19H28N7P/c1-24(2)27(25(3)4,26(5)6)23-22-21-19-15-11-10-12-17(19)16-20-18-13-8-7-9-14-18/h7-16H,1-6H3. The van der Waals surface area contributed by atoms with Gasteiger partial charge in [-0.15, -0.1) is 9.97 Å². The van der Waals surface area contributed by atoms with Gasteiger partial charge in [0.05, 0.1) is 11.4 Å². The minimum Gasteiger partial charge on any atom is -0.256 e. The van der Waals surface area contributed by atoms with Crippen LogP contribution in [0.2, 0.25) is 0 Å². The van der Waals surface area contributed by atoms with Crippen molar-refractivity contribution in [3.8, 4) is 0 Å². The van der Waals surface area contributed by atoms with Crippen LogP contribution in [-0.4, -0.2) is 62.5 Å². The molecular formula is C19H28N7P. The van der Waals surface area contributed by atoms with Gasteiger partial charge in [-0.2, -0.15) is 0 Å². The molecule has 8 heteroatoms. The third kappa shape index (κ3) is 5.17. The Bertz CT molecular complexity index is 814. The van der Waals surface area contributed by atoms with Gasteiger partial charge in [0.1, 0.15) is 0 Å². The number of aliphatic imine (C=N–C) groups is 1. The van der Waals surface area contributed by atoms with Gasteiger partial charge in [-0.1, -0.05) is 36.4 Å². The summed E-state index contributed by atoms with van der Waals surface area (Å²) in [5.41, 5.74) is 2.52. The lowest BCUT2D eigenvalue weighted by Gasteiger charge is -2.39. The van der Waals surface area contributed by atoms with E-state index in [2.05, 4.69) is 34.2 Å². The molecule has 144 valence electrons. The van der Waals surface area contributed by atoms with E-state index in [0.29, 0.717) is 0 Å². The van der Waals surface area contributed by atoms with Crippen molar-refractivity contribution >= 4 is 25.1 Å². The van der Waals surface area contributed by atoms with Gasteiger partial charge >= 0.3 is 0 Å². The van der Waals surface area contributed by atoms with Gasteiger partial charge in [0.25, 0.3) is 0 Å². The smallest absolute Gasteiger partial charge is 0.193 e. The van der Waals surface area contributed by atoms with E-state index in [1.807, 2.05) is 96.9 Å². The predicted molar refractivity (Wildman–Crippen MR) is 115 cm³/mol. The van der Waals surface area contributed by atoms with E-state index < -0.39 is 7.51 Å². The third-order valence-electron chi connectivity index (χ3n) is 3.97. The van der Waals surface area contributed by atoms with E-state index in [4.69, 9.17) is 0 Å². The average Bonchev–Trinajstić information content (AvgIpc) is 2.64. The lowest BCUT2D eigenvalue weighted by atomic mass is 10.2. The lowest BCUT2D eigenvalue weighted by Crippen LogP contribution is -2.30. The summed E-state index contributed by atoms with van der Waals surface area (Å²) in [4.78, 5) is 9.11. The molecule has 0 amide bonds. The van der Waals surface area contributed by atoms with Crippen LogP contribution in [-0.2, 0) is 0 Å². The fourth-order valence-corrected chi connectivity index (χ4v) is 5.56. The van der Waals surface area contributed by atoms with Crippen molar-refractivity contribution in [1.82, 2.24) is 14.0 Å². The first-order valence-electron chi connectivity index (χ1n) is 8.62. The Kier molecular flexibility index (Phi) is 7.56. The molecule has 0 unspecified atom stereocenters. The molecule has 2 rings (SSSR count). The summed E-state index contributed by atoms with van der Waals surface area (Å²) in [6.07, 6.45) is 1.80. The quantitative estimate of drug-likeness (QED) is 0.289. The van der Waals surface area contributed by atoms with Crippen molar-refractivity contribution in [1.29, 1.82) is 0 Å². The second-order valence-electron chi connectivity index (χ2n) is 6.51. The van der Waals surface area contributed by atoms with Crippen molar-refractivity contribution in [2.75, 3.05) is 42.3 Å². The van der Waals surface area contributed by atoms with Crippen LogP contribution < -0.4 is 0 Å². The molecule has 0 bridgehead atoms. The van der Waals surface area contributed by atoms with Crippen LogP contribution in [0.15, 0.2) is 74.8 Å². The zero-order chi connectivity index (χ0) is 19.9. The largest absolute Gasteiger partial charge is 0.256 e. The first-order valence-corrected chi connectivity index (χ1v) is 10.2. The third-order valence-corrected chi connectivity index (χ3v) is 7.51. The number of rotatable bonds is 7. The molecule has 0 spiro atoms. The van der Waals surface area contributed by atoms with E-state index in [0.717, 1.165) is 16.9 Å². The molecule has 0 aromatic heterocycles. The maximum atomic E-state index is 4.61.